The molecule has 1 aromatic carbocycles. The molecule has 0 spiro atoms. The van der Waals surface area contributed by atoms with Gasteiger partial charge in [-0.2, -0.15) is 4.98 Å². The summed E-state index contributed by atoms with van der Waals surface area (Å²) >= 11 is 0. The SMILES string of the molecule is Nc1nccc(N2CCC[C@@H](CCc3ccccc3F)C2)n1. The minimum atomic E-state index is -0.0984. The monoisotopic (exact) mass is 300 g/mol. The number of benzene rings is 1. The summed E-state index contributed by atoms with van der Waals surface area (Å²) in [6, 6.07) is 8.94. The number of piperidine rings is 1. The van der Waals surface area contributed by atoms with Crippen molar-refractivity contribution in [3.8, 4) is 0 Å². The Morgan fingerprint density at radius 2 is 2.14 bits per heavy atom. The largest absolute Gasteiger partial charge is 0.368 e. The van der Waals surface area contributed by atoms with Crippen LogP contribution in [0.3, 0.4) is 0 Å². The number of nitrogen functional groups attached to an aromatic ring is 1. The molecule has 22 heavy (non-hydrogen) atoms. The molecule has 4 nitrogen and oxygen atoms in total. The van der Waals surface area contributed by atoms with E-state index in [1.54, 1.807) is 12.3 Å². The van der Waals surface area contributed by atoms with Gasteiger partial charge in [-0.05, 0) is 49.3 Å². The molecule has 5 heteroatoms. The Kier molecular flexibility index (Phi) is 4.51. The summed E-state index contributed by atoms with van der Waals surface area (Å²) in [5.41, 5.74) is 6.47. The maximum Gasteiger partial charge on any atom is 0.221 e. The first-order chi connectivity index (χ1) is 10.7. The van der Waals surface area contributed by atoms with Crippen molar-refractivity contribution in [1.29, 1.82) is 0 Å². The molecule has 0 saturated carbocycles. The van der Waals surface area contributed by atoms with Gasteiger partial charge in [0.1, 0.15) is 11.6 Å². The van der Waals surface area contributed by atoms with Gasteiger partial charge in [-0.1, -0.05) is 18.2 Å². The Morgan fingerprint density at radius 1 is 1.27 bits per heavy atom. The highest BCUT2D eigenvalue weighted by atomic mass is 19.1. The second-order valence-electron chi connectivity index (χ2n) is 5.86. The van der Waals surface area contributed by atoms with E-state index >= 15 is 0 Å². The number of hydrogen-bond acceptors (Lipinski definition) is 4. The Labute approximate surface area is 130 Å². The van der Waals surface area contributed by atoms with Crippen molar-refractivity contribution in [3.63, 3.8) is 0 Å². The van der Waals surface area contributed by atoms with E-state index in [0.29, 0.717) is 11.9 Å². The van der Waals surface area contributed by atoms with Gasteiger partial charge in [0.15, 0.2) is 0 Å². The van der Waals surface area contributed by atoms with E-state index in [4.69, 9.17) is 5.73 Å². The van der Waals surface area contributed by atoms with Gasteiger partial charge < -0.3 is 10.6 Å². The van der Waals surface area contributed by atoms with Crippen LogP contribution in [0.25, 0.3) is 0 Å². The zero-order chi connectivity index (χ0) is 15.4. The first-order valence-electron chi connectivity index (χ1n) is 7.79. The number of rotatable bonds is 4. The number of halogens is 1. The molecule has 0 bridgehead atoms. The lowest BCUT2D eigenvalue weighted by Crippen LogP contribution is -2.36. The maximum absolute atomic E-state index is 13.7. The van der Waals surface area contributed by atoms with Crippen molar-refractivity contribution < 1.29 is 4.39 Å². The lowest BCUT2D eigenvalue weighted by Gasteiger charge is -2.33. The lowest BCUT2D eigenvalue weighted by atomic mass is 9.91. The number of aromatic nitrogens is 2. The van der Waals surface area contributed by atoms with Crippen molar-refractivity contribution in [1.82, 2.24) is 9.97 Å². The topological polar surface area (TPSA) is 55.0 Å². The standard InChI is InChI=1S/C17H21FN4/c18-15-6-2-1-5-14(15)8-7-13-4-3-11-22(12-13)16-9-10-20-17(19)21-16/h1-2,5-6,9-10,13H,3-4,7-8,11-12H2,(H2,19,20,21)/t13-/m0/s1. The van der Waals surface area contributed by atoms with Gasteiger partial charge in [0.2, 0.25) is 5.95 Å². The first kappa shape index (κ1) is 14.8. The van der Waals surface area contributed by atoms with Gasteiger partial charge in [-0.15, -0.1) is 0 Å². The molecule has 1 aromatic heterocycles. The van der Waals surface area contributed by atoms with Crippen LogP contribution >= 0.6 is 0 Å². The molecule has 3 rings (SSSR count). The molecule has 116 valence electrons. The third kappa shape index (κ3) is 3.53. The van der Waals surface area contributed by atoms with Gasteiger partial charge in [0.25, 0.3) is 0 Å². The van der Waals surface area contributed by atoms with Crippen LogP contribution in [-0.2, 0) is 6.42 Å². The summed E-state index contributed by atoms with van der Waals surface area (Å²) in [7, 11) is 0. The summed E-state index contributed by atoms with van der Waals surface area (Å²) in [5.74, 6) is 1.66. The number of anilines is 2. The number of nitrogens with two attached hydrogens (primary N) is 1. The predicted octanol–water partition coefficient (Wildman–Crippen LogP) is 3.05. The van der Waals surface area contributed by atoms with Crippen molar-refractivity contribution in [3.05, 3.63) is 47.9 Å². The fraction of sp³-hybridized carbons (Fsp3) is 0.412. The average molecular weight is 300 g/mol. The molecule has 2 N–H and O–H groups in total. The van der Waals surface area contributed by atoms with Crippen LogP contribution in [0.2, 0.25) is 0 Å². The normalized spacial score (nSPS) is 18.4. The average Bonchev–Trinajstić information content (AvgIpc) is 2.54. The fourth-order valence-corrected chi connectivity index (χ4v) is 3.11. The summed E-state index contributed by atoms with van der Waals surface area (Å²) in [6.45, 7) is 1.94. The van der Waals surface area contributed by atoms with Crippen LogP contribution in [0, 0.1) is 11.7 Å². The Hall–Kier alpha value is -2.17. The highest BCUT2D eigenvalue weighted by molar-refractivity contribution is 5.41. The molecule has 1 atom stereocenters. The molecular formula is C17H21FN4. The third-order valence-electron chi connectivity index (χ3n) is 4.28. The minimum Gasteiger partial charge on any atom is -0.368 e. The van der Waals surface area contributed by atoms with Crippen LogP contribution < -0.4 is 10.6 Å². The lowest BCUT2D eigenvalue weighted by molar-refractivity contribution is 0.388. The molecule has 0 aliphatic carbocycles. The second-order valence-corrected chi connectivity index (χ2v) is 5.86. The molecule has 0 radical (unpaired) electrons. The summed E-state index contributed by atoms with van der Waals surface area (Å²) < 4.78 is 13.7. The van der Waals surface area contributed by atoms with Gasteiger partial charge in [-0.25, -0.2) is 9.37 Å². The first-order valence-corrected chi connectivity index (χ1v) is 7.79. The smallest absolute Gasteiger partial charge is 0.221 e. The number of nitrogens with zero attached hydrogens (tertiary/aromatic N) is 3. The Bertz CT molecular complexity index is 632. The summed E-state index contributed by atoms with van der Waals surface area (Å²) in [6.07, 6.45) is 5.80. The van der Waals surface area contributed by atoms with E-state index in [9.17, 15) is 4.39 Å². The van der Waals surface area contributed by atoms with Gasteiger partial charge in [-0.3, -0.25) is 0 Å². The fourth-order valence-electron chi connectivity index (χ4n) is 3.11. The predicted molar refractivity (Wildman–Crippen MR) is 86.1 cm³/mol. The van der Waals surface area contributed by atoms with E-state index < -0.39 is 0 Å². The third-order valence-corrected chi connectivity index (χ3v) is 4.28. The van der Waals surface area contributed by atoms with Gasteiger partial charge in [0, 0.05) is 19.3 Å². The molecule has 1 aliphatic rings. The van der Waals surface area contributed by atoms with Crippen LogP contribution in [-0.4, -0.2) is 23.1 Å². The highest BCUT2D eigenvalue weighted by Crippen LogP contribution is 2.25. The van der Waals surface area contributed by atoms with Gasteiger partial charge in [0.05, 0.1) is 0 Å². The Balaban J connectivity index is 1.60. The zero-order valence-electron chi connectivity index (χ0n) is 12.6. The van der Waals surface area contributed by atoms with Crippen molar-refractivity contribution in [2.24, 2.45) is 5.92 Å². The van der Waals surface area contributed by atoms with Crippen LogP contribution in [0.1, 0.15) is 24.8 Å². The van der Waals surface area contributed by atoms with E-state index in [1.807, 2.05) is 18.2 Å². The van der Waals surface area contributed by atoms with E-state index in [0.717, 1.165) is 43.7 Å². The summed E-state index contributed by atoms with van der Waals surface area (Å²) in [5, 5.41) is 0. The van der Waals surface area contributed by atoms with E-state index in [-0.39, 0.29) is 5.82 Å². The van der Waals surface area contributed by atoms with Crippen LogP contribution in [0.15, 0.2) is 36.5 Å². The quantitative estimate of drug-likeness (QED) is 0.943. The van der Waals surface area contributed by atoms with Crippen molar-refractivity contribution in [2.45, 2.75) is 25.7 Å². The maximum atomic E-state index is 13.7. The van der Waals surface area contributed by atoms with Crippen LogP contribution in [0.5, 0.6) is 0 Å². The number of hydrogen-bond donors (Lipinski definition) is 1. The van der Waals surface area contributed by atoms with Gasteiger partial charge >= 0.3 is 0 Å². The van der Waals surface area contributed by atoms with Crippen molar-refractivity contribution in [2.75, 3.05) is 23.7 Å². The highest BCUT2D eigenvalue weighted by Gasteiger charge is 2.21. The molecule has 2 aromatic rings. The summed E-state index contributed by atoms with van der Waals surface area (Å²) in [4.78, 5) is 10.5. The molecule has 0 amide bonds. The molecular weight excluding hydrogens is 279 g/mol. The van der Waals surface area contributed by atoms with E-state index in [1.165, 1.54) is 12.5 Å². The number of aryl methyl sites for hydroxylation is 1. The van der Waals surface area contributed by atoms with Crippen molar-refractivity contribution >= 4 is 11.8 Å². The molecule has 1 saturated heterocycles. The van der Waals surface area contributed by atoms with Crippen LogP contribution in [0.4, 0.5) is 16.2 Å². The van der Waals surface area contributed by atoms with E-state index in [2.05, 4.69) is 14.9 Å². The molecule has 1 fully saturated rings. The zero-order valence-corrected chi connectivity index (χ0v) is 12.6. The molecule has 2 heterocycles. The second kappa shape index (κ2) is 6.73. The molecule has 0 unspecified atom stereocenters. The Morgan fingerprint density at radius 3 is 2.95 bits per heavy atom. The molecule has 1 aliphatic heterocycles. The minimum absolute atomic E-state index is 0.0984.